The van der Waals surface area contributed by atoms with Crippen LogP contribution in [0.5, 0.6) is 0 Å². The second-order valence-corrected chi connectivity index (χ2v) is 6.17. The molecule has 4 N–H and O–H groups in total. The summed E-state index contributed by atoms with van der Waals surface area (Å²) in [6.07, 6.45) is 10.6. The largest absolute Gasteiger partial charge is 0.385 e. The molecule has 0 spiro atoms. The SMILES string of the molecule is C=Cc1[nH]cc(CCNc2ccc(Nc3cc[nH]c(=O)c3)cc2)c1/C=C\C. The van der Waals surface area contributed by atoms with E-state index in [2.05, 4.69) is 33.3 Å². The molecule has 0 aliphatic heterocycles. The van der Waals surface area contributed by atoms with Gasteiger partial charge in [-0.1, -0.05) is 18.7 Å². The molecule has 0 amide bonds. The summed E-state index contributed by atoms with van der Waals surface area (Å²) in [4.78, 5) is 17.2. The Kier molecular flexibility index (Phi) is 5.94. The number of H-pyrrole nitrogens is 2. The van der Waals surface area contributed by atoms with Crippen molar-refractivity contribution in [2.24, 2.45) is 0 Å². The maximum Gasteiger partial charge on any atom is 0.249 e. The molecule has 0 fully saturated rings. The minimum absolute atomic E-state index is 0.125. The first-order valence-electron chi connectivity index (χ1n) is 8.94. The first-order chi connectivity index (χ1) is 13.2. The highest BCUT2D eigenvalue weighted by atomic mass is 16.1. The minimum atomic E-state index is -0.125. The molecule has 2 heterocycles. The summed E-state index contributed by atoms with van der Waals surface area (Å²) < 4.78 is 0. The second-order valence-electron chi connectivity index (χ2n) is 6.17. The fourth-order valence-corrected chi connectivity index (χ4v) is 2.93. The molecule has 0 saturated carbocycles. The van der Waals surface area contributed by atoms with Crippen LogP contribution in [0.2, 0.25) is 0 Å². The van der Waals surface area contributed by atoms with Crippen LogP contribution in [0.25, 0.3) is 12.2 Å². The molecule has 5 nitrogen and oxygen atoms in total. The van der Waals surface area contributed by atoms with E-state index < -0.39 is 0 Å². The average molecular weight is 360 g/mol. The second kappa shape index (κ2) is 8.76. The summed E-state index contributed by atoms with van der Waals surface area (Å²) >= 11 is 0. The van der Waals surface area contributed by atoms with Gasteiger partial charge >= 0.3 is 0 Å². The van der Waals surface area contributed by atoms with E-state index in [0.29, 0.717) is 0 Å². The quantitative estimate of drug-likeness (QED) is 0.467. The first kappa shape index (κ1) is 18.3. The lowest BCUT2D eigenvalue weighted by Crippen LogP contribution is -2.05. The van der Waals surface area contributed by atoms with E-state index in [1.165, 1.54) is 17.2 Å². The molecule has 138 valence electrons. The van der Waals surface area contributed by atoms with Crippen molar-refractivity contribution in [3.63, 3.8) is 0 Å². The summed E-state index contributed by atoms with van der Waals surface area (Å²) in [5, 5.41) is 6.66. The van der Waals surface area contributed by atoms with Gasteiger partial charge in [0.15, 0.2) is 0 Å². The molecule has 0 saturated heterocycles. The molecular formula is C22H24N4O. The molecule has 0 unspecified atom stereocenters. The maximum absolute atomic E-state index is 11.3. The smallest absolute Gasteiger partial charge is 0.249 e. The summed E-state index contributed by atoms with van der Waals surface area (Å²) in [6.45, 7) is 6.70. The Bertz CT molecular complexity index is 980. The maximum atomic E-state index is 11.3. The van der Waals surface area contributed by atoms with Gasteiger partial charge in [0.2, 0.25) is 5.56 Å². The van der Waals surface area contributed by atoms with Crippen molar-refractivity contribution < 1.29 is 0 Å². The zero-order valence-corrected chi connectivity index (χ0v) is 15.4. The molecule has 27 heavy (non-hydrogen) atoms. The number of aromatic amines is 2. The molecule has 2 aromatic heterocycles. The van der Waals surface area contributed by atoms with Crippen molar-refractivity contribution in [1.82, 2.24) is 9.97 Å². The highest BCUT2D eigenvalue weighted by Crippen LogP contribution is 2.20. The fraction of sp³-hybridized carbons (Fsp3) is 0.136. The number of benzene rings is 1. The molecule has 0 atom stereocenters. The summed E-state index contributed by atoms with van der Waals surface area (Å²) in [6, 6.07) is 11.4. The number of pyridine rings is 1. The Morgan fingerprint density at radius 3 is 2.56 bits per heavy atom. The van der Waals surface area contributed by atoms with E-state index in [9.17, 15) is 4.79 Å². The molecule has 0 aliphatic rings. The zero-order valence-electron chi connectivity index (χ0n) is 15.4. The number of anilines is 3. The van der Waals surface area contributed by atoms with Crippen LogP contribution in [0.3, 0.4) is 0 Å². The van der Waals surface area contributed by atoms with Crippen LogP contribution in [0.4, 0.5) is 17.1 Å². The van der Waals surface area contributed by atoms with Crippen molar-refractivity contribution in [3.05, 3.63) is 88.6 Å². The number of aromatic nitrogens is 2. The molecular weight excluding hydrogens is 336 g/mol. The number of hydrogen-bond acceptors (Lipinski definition) is 3. The Hall–Kier alpha value is -3.47. The van der Waals surface area contributed by atoms with E-state index >= 15 is 0 Å². The third kappa shape index (κ3) is 4.79. The molecule has 3 rings (SSSR count). The van der Waals surface area contributed by atoms with E-state index in [1.807, 2.05) is 55.6 Å². The van der Waals surface area contributed by atoms with Crippen LogP contribution in [-0.2, 0) is 6.42 Å². The van der Waals surface area contributed by atoms with Crippen LogP contribution in [0.15, 0.2) is 66.2 Å². The van der Waals surface area contributed by atoms with Crippen LogP contribution in [-0.4, -0.2) is 16.5 Å². The predicted octanol–water partition coefficient (Wildman–Crippen LogP) is 4.78. The zero-order chi connectivity index (χ0) is 19.1. The third-order valence-corrected chi connectivity index (χ3v) is 4.25. The topological polar surface area (TPSA) is 72.7 Å². The minimum Gasteiger partial charge on any atom is -0.385 e. The van der Waals surface area contributed by atoms with Gasteiger partial charge in [-0.2, -0.15) is 0 Å². The van der Waals surface area contributed by atoms with Gasteiger partial charge in [0, 0.05) is 53.3 Å². The number of nitrogens with one attached hydrogen (secondary N) is 4. The third-order valence-electron chi connectivity index (χ3n) is 4.25. The van der Waals surface area contributed by atoms with Gasteiger partial charge in [-0.25, -0.2) is 0 Å². The van der Waals surface area contributed by atoms with Crippen LogP contribution in [0, 0.1) is 0 Å². The molecule has 3 aromatic rings. The Balaban J connectivity index is 1.57. The van der Waals surface area contributed by atoms with Crippen molar-refractivity contribution in [3.8, 4) is 0 Å². The van der Waals surface area contributed by atoms with Crippen molar-refractivity contribution in [2.75, 3.05) is 17.2 Å². The highest BCUT2D eigenvalue weighted by Gasteiger charge is 2.06. The highest BCUT2D eigenvalue weighted by molar-refractivity contribution is 5.65. The van der Waals surface area contributed by atoms with E-state index in [-0.39, 0.29) is 5.56 Å². The number of allylic oxidation sites excluding steroid dienone is 1. The summed E-state index contributed by atoms with van der Waals surface area (Å²) in [5.74, 6) is 0. The Morgan fingerprint density at radius 2 is 1.85 bits per heavy atom. The number of hydrogen-bond donors (Lipinski definition) is 4. The first-order valence-corrected chi connectivity index (χ1v) is 8.94. The molecule has 5 heteroatoms. The standard InChI is InChI=1S/C22H24N4O/c1-3-5-20-16(15-25-21(20)4-2)10-12-23-17-6-8-18(9-7-17)26-19-11-13-24-22(27)14-19/h3-9,11,13-15,23,25H,2,10,12H2,1H3,(H2,24,26,27)/b5-3-. The molecule has 0 bridgehead atoms. The Labute approximate surface area is 158 Å². The normalized spacial score (nSPS) is 10.9. The number of rotatable bonds is 8. The van der Waals surface area contributed by atoms with Gasteiger partial charge in [0.25, 0.3) is 0 Å². The van der Waals surface area contributed by atoms with Crippen molar-refractivity contribution in [1.29, 1.82) is 0 Å². The monoisotopic (exact) mass is 360 g/mol. The van der Waals surface area contributed by atoms with E-state index in [4.69, 9.17) is 0 Å². The molecule has 1 aromatic carbocycles. The van der Waals surface area contributed by atoms with Crippen LogP contribution < -0.4 is 16.2 Å². The summed E-state index contributed by atoms with van der Waals surface area (Å²) in [5.41, 5.74) is 6.15. The van der Waals surface area contributed by atoms with Gasteiger partial charge in [-0.3, -0.25) is 4.79 Å². The summed E-state index contributed by atoms with van der Waals surface area (Å²) in [7, 11) is 0. The van der Waals surface area contributed by atoms with Crippen LogP contribution in [0.1, 0.15) is 23.7 Å². The van der Waals surface area contributed by atoms with Crippen molar-refractivity contribution in [2.45, 2.75) is 13.3 Å². The molecule has 0 aliphatic carbocycles. The van der Waals surface area contributed by atoms with Gasteiger partial charge in [0.1, 0.15) is 0 Å². The Morgan fingerprint density at radius 1 is 1.07 bits per heavy atom. The van der Waals surface area contributed by atoms with E-state index in [1.54, 1.807) is 6.20 Å². The van der Waals surface area contributed by atoms with E-state index in [0.717, 1.165) is 35.7 Å². The lowest BCUT2D eigenvalue weighted by atomic mass is 10.1. The van der Waals surface area contributed by atoms with Gasteiger partial charge in [-0.05, 0) is 55.3 Å². The fourth-order valence-electron chi connectivity index (χ4n) is 2.93. The lowest BCUT2D eigenvalue weighted by molar-refractivity contribution is 1.02. The van der Waals surface area contributed by atoms with Crippen molar-refractivity contribution >= 4 is 29.2 Å². The van der Waals surface area contributed by atoms with Gasteiger partial charge in [0.05, 0.1) is 0 Å². The average Bonchev–Trinajstić information content (AvgIpc) is 3.05. The lowest BCUT2D eigenvalue weighted by Gasteiger charge is -2.09. The van der Waals surface area contributed by atoms with Gasteiger partial charge in [-0.15, -0.1) is 0 Å². The van der Waals surface area contributed by atoms with Crippen LogP contribution >= 0.6 is 0 Å². The predicted molar refractivity (Wildman–Crippen MR) is 115 cm³/mol. The molecule has 0 radical (unpaired) electrons. The van der Waals surface area contributed by atoms with Gasteiger partial charge < -0.3 is 20.6 Å².